The molecule has 1 unspecified atom stereocenters. The summed E-state index contributed by atoms with van der Waals surface area (Å²) in [5, 5.41) is 11.7. The van der Waals surface area contributed by atoms with Crippen molar-refractivity contribution in [3.8, 4) is 0 Å². The third-order valence-corrected chi connectivity index (χ3v) is 2.86. The number of carbonyl (C=O) groups is 2. The molecule has 0 aliphatic carbocycles. The van der Waals surface area contributed by atoms with Crippen molar-refractivity contribution in [3.05, 3.63) is 29.6 Å². The summed E-state index contributed by atoms with van der Waals surface area (Å²) >= 11 is 0. The minimum absolute atomic E-state index is 0.0898. The number of rotatable bonds is 4. The van der Waals surface area contributed by atoms with Gasteiger partial charge in [0, 0.05) is 6.20 Å². The SMILES string of the molecule is Cc1cccnc1CC(=O)NC(C(=O)O)C(C)(C)C. The van der Waals surface area contributed by atoms with Crippen LogP contribution < -0.4 is 5.32 Å². The Bertz CT molecular complexity index is 478. The second-order valence-electron chi connectivity index (χ2n) is 5.65. The first kappa shape index (κ1) is 15.1. The highest BCUT2D eigenvalue weighted by Gasteiger charge is 2.32. The van der Waals surface area contributed by atoms with Crippen molar-refractivity contribution in [2.75, 3.05) is 0 Å². The Hall–Kier alpha value is -1.91. The summed E-state index contributed by atoms with van der Waals surface area (Å²) in [7, 11) is 0. The summed E-state index contributed by atoms with van der Waals surface area (Å²) in [6, 6.07) is 2.75. The molecule has 1 atom stereocenters. The average molecular weight is 264 g/mol. The van der Waals surface area contributed by atoms with Crippen LogP contribution in [0.25, 0.3) is 0 Å². The number of carboxylic acids is 1. The van der Waals surface area contributed by atoms with E-state index < -0.39 is 17.4 Å². The number of aryl methyl sites for hydroxylation is 1. The van der Waals surface area contributed by atoms with Crippen LogP contribution in [0.2, 0.25) is 0 Å². The molecule has 0 saturated carbocycles. The molecule has 0 aliphatic heterocycles. The fourth-order valence-corrected chi connectivity index (χ4v) is 1.72. The van der Waals surface area contributed by atoms with Gasteiger partial charge in [-0.25, -0.2) is 4.79 Å². The third kappa shape index (κ3) is 4.35. The van der Waals surface area contributed by atoms with Crippen LogP contribution in [0, 0.1) is 12.3 Å². The Morgan fingerprint density at radius 2 is 2.05 bits per heavy atom. The Morgan fingerprint density at radius 1 is 1.42 bits per heavy atom. The molecule has 1 amide bonds. The maximum Gasteiger partial charge on any atom is 0.326 e. The standard InChI is InChI=1S/C14H20N2O3/c1-9-6-5-7-15-10(9)8-11(17)16-12(13(18)19)14(2,3)4/h5-7,12H,8H2,1-4H3,(H,16,17)(H,18,19). The lowest BCUT2D eigenvalue weighted by atomic mass is 9.86. The van der Waals surface area contributed by atoms with Gasteiger partial charge in [0.05, 0.1) is 12.1 Å². The van der Waals surface area contributed by atoms with E-state index in [2.05, 4.69) is 10.3 Å². The van der Waals surface area contributed by atoms with Gasteiger partial charge in [-0.15, -0.1) is 0 Å². The molecule has 0 radical (unpaired) electrons. The number of nitrogens with one attached hydrogen (secondary N) is 1. The summed E-state index contributed by atoms with van der Waals surface area (Å²) < 4.78 is 0. The quantitative estimate of drug-likeness (QED) is 0.864. The van der Waals surface area contributed by atoms with Gasteiger partial charge in [0.2, 0.25) is 5.91 Å². The summed E-state index contributed by atoms with van der Waals surface area (Å²) in [5.74, 6) is -1.36. The monoisotopic (exact) mass is 264 g/mol. The number of nitrogens with zero attached hydrogens (tertiary/aromatic N) is 1. The van der Waals surface area contributed by atoms with Crippen molar-refractivity contribution in [1.29, 1.82) is 0 Å². The van der Waals surface area contributed by atoms with Crippen LogP contribution in [0.15, 0.2) is 18.3 Å². The predicted octanol–water partition coefficient (Wildman–Crippen LogP) is 1.55. The smallest absolute Gasteiger partial charge is 0.326 e. The number of aromatic nitrogens is 1. The van der Waals surface area contributed by atoms with Gasteiger partial charge in [-0.2, -0.15) is 0 Å². The average Bonchev–Trinajstić information content (AvgIpc) is 2.27. The molecular formula is C14H20N2O3. The van der Waals surface area contributed by atoms with E-state index in [1.807, 2.05) is 13.0 Å². The van der Waals surface area contributed by atoms with Crippen molar-refractivity contribution in [3.63, 3.8) is 0 Å². The van der Waals surface area contributed by atoms with Crippen LogP contribution >= 0.6 is 0 Å². The zero-order valence-electron chi connectivity index (χ0n) is 11.7. The lowest BCUT2D eigenvalue weighted by Crippen LogP contribution is -2.49. The molecule has 2 N–H and O–H groups in total. The fraction of sp³-hybridized carbons (Fsp3) is 0.500. The van der Waals surface area contributed by atoms with Crippen LogP contribution in [0.5, 0.6) is 0 Å². The highest BCUT2D eigenvalue weighted by Crippen LogP contribution is 2.19. The molecule has 0 spiro atoms. The van der Waals surface area contributed by atoms with Gasteiger partial charge in [-0.1, -0.05) is 26.8 Å². The van der Waals surface area contributed by atoms with E-state index in [1.54, 1.807) is 33.0 Å². The highest BCUT2D eigenvalue weighted by molar-refractivity contribution is 5.85. The maximum atomic E-state index is 11.9. The molecule has 1 rings (SSSR count). The Kier molecular flexibility index (Phi) is 4.64. The van der Waals surface area contributed by atoms with Crippen molar-refractivity contribution in [2.24, 2.45) is 5.41 Å². The van der Waals surface area contributed by atoms with E-state index in [0.717, 1.165) is 5.56 Å². The largest absolute Gasteiger partial charge is 0.480 e. The molecule has 0 bridgehead atoms. The van der Waals surface area contributed by atoms with Crippen molar-refractivity contribution < 1.29 is 14.7 Å². The van der Waals surface area contributed by atoms with Crippen LogP contribution in [0.3, 0.4) is 0 Å². The molecule has 0 saturated heterocycles. The van der Waals surface area contributed by atoms with Crippen LogP contribution in [0.1, 0.15) is 32.0 Å². The Balaban J connectivity index is 2.75. The number of carbonyl (C=O) groups excluding carboxylic acids is 1. The molecule has 0 aliphatic rings. The van der Waals surface area contributed by atoms with Crippen LogP contribution in [-0.4, -0.2) is 28.0 Å². The van der Waals surface area contributed by atoms with E-state index in [4.69, 9.17) is 5.11 Å². The molecular weight excluding hydrogens is 244 g/mol. The van der Waals surface area contributed by atoms with Crippen molar-refractivity contribution in [1.82, 2.24) is 10.3 Å². The van der Waals surface area contributed by atoms with Crippen molar-refractivity contribution in [2.45, 2.75) is 40.2 Å². The molecule has 1 aromatic heterocycles. The minimum Gasteiger partial charge on any atom is -0.480 e. The lowest BCUT2D eigenvalue weighted by molar-refractivity contribution is -0.144. The highest BCUT2D eigenvalue weighted by atomic mass is 16.4. The summed E-state index contributed by atoms with van der Waals surface area (Å²) in [5.41, 5.74) is 1.04. The van der Waals surface area contributed by atoms with Crippen molar-refractivity contribution >= 4 is 11.9 Å². The third-order valence-electron chi connectivity index (χ3n) is 2.86. The number of pyridine rings is 1. The number of aliphatic carboxylic acids is 1. The van der Waals surface area contributed by atoms with Gasteiger partial charge < -0.3 is 10.4 Å². The zero-order valence-corrected chi connectivity index (χ0v) is 11.7. The number of hydrogen-bond donors (Lipinski definition) is 2. The number of amides is 1. The first-order chi connectivity index (χ1) is 8.71. The molecule has 104 valence electrons. The van der Waals surface area contributed by atoms with Gasteiger partial charge in [0.25, 0.3) is 0 Å². The second-order valence-corrected chi connectivity index (χ2v) is 5.65. The first-order valence-corrected chi connectivity index (χ1v) is 6.14. The zero-order chi connectivity index (χ0) is 14.6. The molecule has 19 heavy (non-hydrogen) atoms. The van der Waals surface area contributed by atoms with Gasteiger partial charge in [0.15, 0.2) is 0 Å². The molecule has 0 aromatic carbocycles. The van der Waals surface area contributed by atoms with E-state index in [-0.39, 0.29) is 12.3 Å². The van der Waals surface area contributed by atoms with E-state index in [0.29, 0.717) is 5.69 Å². The van der Waals surface area contributed by atoms with Gasteiger partial charge in [-0.05, 0) is 24.0 Å². The molecule has 0 fully saturated rings. The number of carboxylic acid groups (broad SMARTS) is 1. The molecule has 5 heteroatoms. The molecule has 1 heterocycles. The van der Waals surface area contributed by atoms with E-state index in [1.165, 1.54) is 0 Å². The predicted molar refractivity (Wildman–Crippen MR) is 71.7 cm³/mol. The van der Waals surface area contributed by atoms with E-state index >= 15 is 0 Å². The Morgan fingerprint density at radius 3 is 2.53 bits per heavy atom. The Labute approximate surface area is 113 Å². The topological polar surface area (TPSA) is 79.3 Å². The lowest BCUT2D eigenvalue weighted by Gasteiger charge is -2.27. The number of hydrogen-bond acceptors (Lipinski definition) is 3. The normalized spacial score (nSPS) is 12.8. The maximum absolute atomic E-state index is 11.9. The van der Waals surface area contributed by atoms with Gasteiger partial charge in [-0.3, -0.25) is 9.78 Å². The van der Waals surface area contributed by atoms with E-state index in [9.17, 15) is 9.59 Å². The fourth-order valence-electron chi connectivity index (χ4n) is 1.72. The van der Waals surface area contributed by atoms with Gasteiger partial charge >= 0.3 is 5.97 Å². The molecule has 5 nitrogen and oxygen atoms in total. The van der Waals surface area contributed by atoms with Crippen LogP contribution in [0.4, 0.5) is 0 Å². The molecule has 1 aromatic rings. The van der Waals surface area contributed by atoms with Crippen LogP contribution in [-0.2, 0) is 16.0 Å². The summed E-state index contributed by atoms with van der Waals surface area (Å²) in [4.78, 5) is 27.2. The van der Waals surface area contributed by atoms with Gasteiger partial charge in [0.1, 0.15) is 6.04 Å². The summed E-state index contributed by atoms with van der Waals surface area (Å²) in [6.45, 7) is 7.20. The minimum atomic E-state index is -1.03. The summed E-state index contributed by atoms with van der Waals surface area (Å²) in [6.07, 6.45) is 1.71. The first-order valence-electron chi connectivity index (χ1n) is 6.14. The second kappa shape index (κ2) is 5.82.